The molecule has 1 saturated heterocycles. The number of likely N-dealkylation sites (tertiary alicyclic amines) is 1. The summed E-state index contributed by atoms with van der Waals surface area (Å²) in [5.41, 5.74) is -0.380. The highest BCUT2D eigenvalue weighted by Crippen LogP contribution is 2.31. The number of aliphatic hydroxyl groups is 1. The second kappa shape index (κ2) is 7.70. The van der Waals surface area contributed by atoms with Gasteiger partial charge in [0.2, 0.25) is 5.95 Å². The van der Waals surface area contributed by atoms with E-state index in [9.17, 15) is 14.3 Å². The van der Waals surface area contributed by atoms with E-state index in [-0.39, 0.29) is 23.8 Å². The molecule has 5 heterocycles. The van der Waals surface area contributed by atoms with Gasteiger partial charge in [-0.25, -0.2) is 19.6 Å². The van der Waals surface area contributed by atoms with Crippen LogP contribution in [-0.2, 0) is 17.4 Å². The molecule has 33 heavy (non-hydrogen) atoms. The maximum atomic E-state index is 13.8. The summed E-state index contributed by atoms with van der Waals surface area (Å²) in [6, 6.07) is 6.89. The van der Waals surface area contributed by atoms with Crippen molar-refractivity contribution in [2.45, 2.75) is 12.0 Å². The first-order chi connectivity index (χ1) is 15.8. The molecule has 0 saturated carbocycles. The Balaban J connectivity index is 1.42. The van der Waals surface area contributed by atoms with Crippen LogP contribution in [0.5, 0.6) is 0 Å². The van der Waals surface area contributed by atoms with Gasteiger partial charge in [0.25, 0.3) is 11.9 Å². The Morgan fingerprint density at radius 3 is 2.70 bits per heavy atom. The summed E-state index contributed by atoms with van der Waals surface area (Å²) in [5.74, 6) is -0.481. The van der Waals surface area contributed by atoms with E-state index < -0.39 is 17.5 Å². The second-order valence-corrected chi connectivity index (χ2v) is 7.66. The zero-order chi connectivity index (χ0) is 23.2. The number of carbonyl (C=O) groups excluding carboxylic acids is 1. The normalized spacial score (nSPS) is 18.2. The number of hydrogen-bond acceptors (Lipinski definition) is 9. The number of anilines is 2. The lowest BCUT2D eigenvalue weighted by atomic mass is 9.99. The van der Waals surface area contributed by atoms with Gasteiger partial charge in [-0.1, -0.05) is 11.3 Å². The lowest BCUT2D eigenvalue weighted by Gasteiger charge is -2.17. The minimum atomic E-state index is -1.70. The van der Waals surface area contributed by atoms with E-state index >= 15 is 0 Å². The summed E-state index contributed by atoms with van der Waals surface area (Å²) in [4.78, 5) is 26.9. The van der Waals surface area contributed by atoms with Crippen molar-refractivity contribution in [2.24, 2.45) is 7.05 Å². The van der Waals surface area contributed by atoms with Crippen molar-refractivity contribution in [3.05, 3.63) is 54.5 Å². The first-order valence-electron chi connectivity index (χ1n) is 10.0. The van der Waals surface area contributed by atoms with Crippen molar-refractivity contribution < 1.29 is 14.3 Å². The van der Waals surface area contributed by atoms with E-state index in [1.165, 1.54) is 32.9 Å². The Morgan fingerprint density at radius 2 is 1.97 bits per heavy atom. The maximum absolute atomic E-state index is 13.8. The van der Waals surface area contributed by atoms with E-state index in [0.717, 1.165) is 0 Å². The number of nitrogens with zero attached hydrogens (tertiary/aromatic N) is 9. The third kappa shape index (κ3) is 3.67. The maximum Gasteiger partial charge on any atom is 0.260 e. The van der Waals surface area contributed by atoms with E-state index in [1.54, 1.807) is 38.4 Å². The molecule has 4 aromatic heterocycles. The van der Waals surface area contributed by atoms with Gasteiger partial charge in [-0.15, -0.1) is 10.2 Å². The number of amides is 1. The minimum absolute atomic E-state index is 0.150. The van der Waals surface area contributed by atoms with Crippen LogP contribution in [0.15, 0.2) is 42.9 Å². The van der Waals surface area contributed by atoms with Gasteiger partial charge < -0.3 is 15.3 Å². The van der Waals surface area contributed by atoms with Crippen molar-refractivity contribution in [1.82, 2.24) is 44.6 Å². The monoisotopic (exact) mass is 450 g/mol. The number of aromatic nitrogens is 8. The Labute approximate surface area is 186 Å². The zero-order valence-corrected chi connectivity index (χ0v) is 17.7. The largest absolute Gasteiger partial charge is 0.374 e. The molecular formula is C20H19FN10O2. The quantitative estimate of drug-likeness (QED) is 0.451. The van der Waals surface area contributed by atoms with Crippen LogP contribution in [0.4, 0.5) is 16.0 Å². The predicted molar refractivity (Wildman–Crippen MR) is 113 cm³/mol. The summed E-state index contributed by atoms with van der Waals surface area (Å²) >= 11 is 0. The van der Waals surface area contributed by atoms with Gasteiger partial charge in [-0.2, -0.15) is 4.39 Å². The van der Waals surface area contributed by atoms with Crippen LogP contribution in [0.2, 0.25) is 0 Å². The summed E-state index contributed by atoms with van der Waals surface area (Å²) in [6.45, 7) is 0.433. The molecule has 1 amide bonds. The molecule has 0 aliphatic carbocycles. The van der Waals surface area contributed by atoms with E-state index in [1.807, 2.05) is 0 Å². The third-order valence-corrected chi connectivity index (χ3v) is 5.34. The SMILES string of the molecule is CN1CCC(O)(c2cn(-c3cccc(-c4ccnc(Nc5cn(C)nc5F)n4)n3)nn2)C1=O. The standard InChI is InChI=1S/C20H19FN10O2/c1-29-9-7-20(33,18(29)32)15-11-31(28-26-15)16-5-3-4-12(23-16)13-6-8-22-19(24-13)25-14-10-30(2)27-17(14)21/h3-6,8,10-11,33H,7,9H2,1-2H3,(H,22,24,25). The van der Waals surface area contributed by atoms with Crippen LogP contribution >= 0.6 is 0 Å². The molecule has 4 aromatic rings. The van der Waals surface area contributed by atoms with Crippen LogP contribution in [0.3, 0.4) is 0 Å². The molecule has 1 unspecified atom stereocenters. The number of halogens is 1. The molecule has 2 N–H and O–H groups in total. The number of carbonyl (C=O) groups is 1. The fourth-order valence-electron chi connectivity index (χ4n) is 3.58. The van der Waals surface area contributed by atoms with Crippen LogP contribution < -0.4 is 5.32 Å². The van der Waals surface area contributed by atoms with E-state index in [4.69, 9.17) is 0 Å². The van der Waals surface area contributed by atoms with Crippen LogP contribution in [0, 0.1) is 5.95 Å². The van der Waals surface area contributed by atoms with Gasteiger partial charge in [0.15, 0.2) is 11.4 Å². The fraction of sp³-hybridized carbons (Fsp3) is 0.250. The number of hydrogen-bond donors (Lipinski definition) is 2. The molecule has 12 nitrogen and oxygen atoms in total. The Bertz CT molecular complexity index is 1350. The molecule has 168 valence electrons. The molecule has 0 radical (unpaired) electrons. The Hall–Kier alpha value is -4.26. The van der Waals surface area contributed by atoms with Crippen LogP contribution in [0.1, 0.15) is 12.1 Å². The molecule has 13 heteroatoms. The van der Waals surface area contributed by atoms with Gasteiger partial charge in [-0.05, 0) is 18.2 Å². The lowest BCUT2D eigenvalue weighted by molar-refractivity contribution is -0.143. The van der Waals surface area contributed by atoms with Crippen molar-refractivity contribution in [3.63, 3.8) is 0 Å². The molecule has 0 spiro atoms. The Morgan fingerprint density at radius 1 is 1.15 bits per heavy atom. The first-order valence-corrected chi connectivity index (χ1v) is 10.0. The van der Waals surface area contributed by atoms with Gasteiger partial charge >= 0.3 is 0 Å². The molecular weight excluding hydrogens is 431 g/mol. The summed E-state index contributed by atoms with van der Waals surface area (Å²) in [7, 11) is 3.24. The van der Waals surface area contributed by atoms with Gasteiger partial charge in [0.05, 0.1) is 23.8 Å². The highest BCUT2D eigenvalue weighted by molar-refractivity contribution is 5.87. The third-order valence-electron chi connectivity index (χ3n) is 5.34. The summed E-state index contributed by atoms with van der Waals surface area (Å²) in [6.07, 6.45) is 4.73. The van der Waals surface area contributed by atoms with Crippen molar-refractivity contribution in [3.8, 4) is 17.2 Å². The van der Waals surface area contributed by atoms with Crippen LogP contribution in [0.25, 0.3) is 17.2 Å². The zero-order valence-electron chi connectivity index (χ0n) is 17.7. The average Bonchev–Trinajstić information content (AvgIpc) is 3.50. The van der Waals surface area contributed by atoms with E-state index in [0.29, 0.717) is 23.8 Å². The smallest absolute Gasteiger partial charge is 0.260 e. The first kappa shape index (κ1) is 20.6. The molecule has 0 aromatic carbocycles. The second-order valence-electron chi connectivity index (χ2n) is 7.66. The molecule has 0 bridgehead atoms. The van der Waals surface area contributed by atoms with Crippen LogP contribution in [-0.4, -0.2) is 69.2 Å². The molecule has 1 fully saturated rings. The van der Waals surface area contributed by atoms with Gasteiger partial charge in [-0.3, -0.25) is 9.48 Å². The lowest BCUT2D eigenvalue weighted by Crippen LogP contribution is -2.36. The highest BCUT2D eigenvalue weighted by atomic mass is 19.1. The van der Waals surface area contributed by atoms with Gasteiger partial charge in [0, 0.05) is 33.3 Å². The van der Waals surface area contributed by atoms with Crippen molar-refractivity contribution in [1.29, 1.82) is 0 Å². The minimum Gasteiger partial charge on any atom is -0.374 e. The van der Waals surface area contributed by atoms with Gasteiger partial charge in [0.1, 0.15) is 11.4 Å². The predicted octanol–water partition coefficient (Wildman–Crippen LogP) is 0.785. The number of aryl methyl sites for hydroxylation is 1. The number of rotatable bonds is 5. The Kier molecular flexibility index (Phi) is 4.82. The van der Waals surface area contributed by atoms with Crippen molar-refractivity contribution >= 4 is 17.5 Å². The number of likely N-dealkylation sites (N-methyl/N-ethyl adjacent to an activating group) is 1. The molecule has 1 aliphatic heterocycles. The highest BCUT2D eigenvalue weighted by Gasteiger charge is 2.47. The summed E-state index contributed by atoms with van der Waals surface area (Å²) < 4.78 is 16.6. The summed E-state index contributed by atoms with van der Waals surface area (Å²) in [5, 5.41) is 25.3. The topological polar surface area (TPSA) is 140 Å². The molecule has 1 atom stereocenters. The van der Waals surface area contributed by atoms with E-state index in [2.05, 4.69) is 35.7 Å². The van der Waals surface area contributed by atoms with Crippen molar-refractivity contribution in [2.75, 3.05) is 18.9 Å². The number of nitrogens with one attached hydrogen (secondary N) is 1. The molecule has 5 rings (SSSR count). The average molecular weight is 450 g/mol. The molecule has 1 aliphatic rings. The fourth-order valence-corrected chi connectivity index (χ4v) is 3.58. The number of pyridine rings is 1.